The van der Waals surface area contributed by atoms with Crippen LogP contribution in [0.5, 0.6) is 0 Å². The van der Waals surface area contributed by atoms with E-state index in [0.29, 0.717) is 30.0 Å². The van der Waals surface area contributed by atoms with Gasteiger partial charge in [0.2, 0.25) is 5.91 Å². The summed E-state index contributed by atoms with van der Waals surface area (Å²) in [6, 6.07) is 10.5. The second-order valence-corrected chi connectivity index (χ2v) is 8.88. The molecule has 0 bridgehead atoms. The van der Waals surface area contributed by atoms with Crippen LogP contribution in [0.3, 0.4) is 0 Å². The number of rotatable bonds is 5. The molecule has 0 saturated carbocycles. The van der Waals surface area contributed by atoms with Gasteiger partial charge in [-0.25, -0.2) is 0 Å². The quantitative estimate of drug-likeness (QED) is 0.690. The minimum Gasteiger partial charge on any atom is -0.389 e. The number of aromatic nitrogens is 1. The number of carbonyl (C=O) groups is 2. The predicted octanol–water partition coefficient (Wildman–Crippen LogP) is 2.19. The van der Waals surface area contributed by atoms with E-state index in [2.05, 4.69) is 10.3 Å². The van der Waals surface area contributed by atoms with Crippen molar-refractivity contribution in [3.63, 3.8) is 0 Å². The zero-order chi connectivity index (χ0) is 23.2. The van der Waals surface area contributed by atoms with E-state index < -0.39 is 6.10 Å². The lowest BCUT2D eigenvalue weighted by Crippen LogP contribution is -2.57. The van der Waals surface area contributed by atoms with Gasteiger partial charge in [-0.05, 0) is 42.7 Å². The fourth-order valence-corrected chi connectivity index (χ4v) is 4.44. The first-order valence-corrected chi connectivity index (χ1v) is 11.5. The summed E-state index contributed by atoms with van der Waals surface area (Å²) in [5.74, 6) is -0.291. The number of amides is 2. The van der Waals surface area contributed by atoms with Gasteiger partial charge in [0.1, 0.15) is 6.10 Å². The summed E-state index contributed by atoms with van der Waals surface area (Å²) < 4.78 is 11.8. The highest BCUT2D eigenvalue weighted by atomic mass is 35.5. The molecule has 33 heavy (non-hydrogen) atoms. The van der Waals surface area contributed by atoms with E-state index in [-0.39, 0.29) is 56.2 Å². The number of halogens is 1. The summed E-state index contributed by atoms with van der Waals surface area (Å²) in [6.07, 6.45) is 3.24. The lowest BCUT2D eigenvalue weighted by atomic mass is 9.94. The zero-order valence-electron chi connectivity index (χ0n) is 18.2. The van der Waals surface area contributed by atoms with Crippen molar-refractivity contribution in [3.8, 4) is 0 Å². The number of pyridine rings is 1. The standard InChI is InChI=1S/C24H28ClN3O5/c25-18-5-3-16(4-6-18)11-27-23(30)10-20-7-8-21-22(33-20)15-32-14-19(29)13-28(21)24(31)17-2-1-9-26-12-17/h1-6,9,12,19-22,29H,7-8,10-11,13-15H2,(H,27,30)/t19-,20-,21-,22+/m0/s1. The molecule has 8 nitrogen and oxygen atoms in total. The highest BCUT2D eigenvalue weighted by Gasteiger charge is 2.40. The first kappa shape index (κ1) is 23.6. The van der Waals surface area contributed by atoms with E-state index >= 15 is 0 Å². The molecule has 0 unspecified atom stereocenters. The molecule has 4 rings (SSSR count). The summed E-state index contributed by atoms with van der Waals surface area (Å²) in [7, 11) is 0. The molecule has 0 aliphatic carbocycles. The van der Waals surface area contributed by atoms with Crippen molar-refractivity contribution in [2.45, 2.75) is 50.2 Å². The Morgan fingerprint density at radius 2 is 2.00 bits per heavy atom. The highest BCUT2D eigenvalue weighted by Crippen LogP contribution is 2.28. The fourth-order valence-electron chi connectivity index (χ4n) is 4.31. The van der Waals surface area contributed by atoms with Crippen LogP contribution in [0, 0.1) is 0 Å². The maximum absolute atomic E-state index is 13.2. The molecule has 0 radical (unpaired) electrons. The number of fused-ring (bicyclic) bond motifs is 1. The number of benzene rings is 1. The van der Waals surface area contributed by atoms with Crippen molar-refractivity contribution in [2.24, 2.45) is 0 Å². The van der Waals surface area contributed by atoms with Gasteiger partial charge < -0.3 is 24.8 Å². The average molecular weight is 474 g/mol. The molecule has 2 aliphatic rings. The molecule has 3 heterocycles. The number of aliphatic hydroxyl groups is 1. The average Bonchev–Trinajstić information content (AvgIpc) is 2.82. The summed E-state index contributed by atoms with van der Waals surface area (Å²) in [5, 5.41) is 13.8. The van der Waals surface area contributed by atoms with E-state index in [0.717, 1.165) is 5.56 Å². The summed E-state index contributed by atoms with van der Waals surface area (Å²) in [5.41, 5.74) is 1.43. The van der Waals surface area contributed by atoms with Gasteiger partial charge in [-0.15, -0.1) is 0 Å². The largest absolute Gasteiger partial charge is 0.389 e. The molecule has 176 valence electrons. The molecule has 1 aromatic heterocycles. The Morgan fingerprint density at radius 3 is 2.76 bits per heavy atom. The molecule has 2 amide bonds. The van der Waals surface area contributed by atoms with E-state index in [1.807, 2.05) is 12.1 Å². The Bertz CT molecular complexity index is 943. The second-order valence-electron chi connectivity index (χ2n) is 8.44. The van der Waals surface area contributed by atoms with Gasteiger partial charge in [-0.1, -0.05) is 23.7 Å². The number of ether oxygens (including phenoxy) is 2. The first-order chi connectivity index (χ1) is 16.0. The van der Waals surface area contributed by atoms with Gasteiger partial charge >= 0.3 is 0 Å². The SMILES string of the molecule is O=C(C[C@@H]1CC[C@H]2[C@@H](COC[C@@H](O)CN2C(=O)c2cccnc2)O1)NCc1ccc(Cl)cc1. The van der Waals surface area contributed by atoms with Crippen LogP contribution in [0.4, 0.5) is 0 Å². The number of nitrogens with one attached hydrogen (secondary N) is 1. The smallest absolute Gasteiger partial charge is 0.255 e. The Morgan fingerprint density at radius 1 is 1.18 bits per heavy atom. The van der Waals surface area contributed by atoms with E-state index in [4.69, 9.17) is 21.1 Å². The van der Waals surface area contributed by atoms with Crippen molar-refractivity contribution in [3.05, 3.63) is 64.9 Å². The molecule has 2 aliphatic heterocycles. The monoisotopic (exact) mass is 473 g/mol. The fraction of sp³-hybridized carbons (Fsp3) is 0.458. The van der Waals surface area contributed by atoms with Crippen LogP contribution in [0.15, 0.2) is 48.8 Å². The van der Waals surface area contributed by atoms with E-state index in [1.54, 1.807) is 35.4 Å². The molecular weight excluding hydrogens is 446 g/mol. The van der Waals surface area contributed by atoms with Crippen LogP contribution in [0.25, 0.3) is 0 Å². The van der Waals surface area contributed by atoms with Gasteiger partial charge in [0, 0.05) is 30.5 Å². The second kappa shape index (κ2) is 11.1. The highest BCUT2D eigenvalue weighted by molar-refractivity contribution is 6.30. The third-order valence-electron chi connectivity index (χ3n) is 5.97. The van der Waals surface area contributed by atoms with Crippen LogP contribution >= 0.6 is 11.6 Å². The first-order valence-electron chi connectivity index (χ1n) is 11.1. The van der Waals surface area contributed by atoms with Crippen molar-refractivity contribution in [2.75, 3.05) is 19.8 Å². The van der Waals surface area contributed by atoms with Crippen molar-refractivity contribution >= 4 is 23.4 Å². The Balaban J connectivity index is 1.37. The molecule has 2 fully saturated rings. The molecule has 4 atom stereocenters. The van der Waals surface area contributed by atoms with Gasteiger partial charge in [-0.3, -0.25) is 14.6 Å². The van der Waals surface area contributed by atoms with Gasteiger partial charge in [0.05, 0.1) is 43.4 Å². The van der Waals surface area contributed by atoms with E-state index in [9.17, 15) is 14.7 Å². The zero-order valence-corrected chi connectivity index (χ0v) is 19.0. The van der Waals surface area contributed by atoms with Crippen LogP contribution in [-0.4, -0.2) is 70.9 Å². The van der Waals surface area contributed by atoms with Crippen molar-refractivity contribution < 1.29 is 24.2 Å². The van der Waals surface area contributed by atoms with E-state index in [1.165, 1.54) is 6.20 Å². The summed E-state index contributed by atoms with van der Waals surface area (Å²) in [6.45, 7) is 0.949. The Kier molecular flexibility index (Phi) is 7.93. The van der Waals surface area contributed by atoms with Crippen LogP contribution in [0.1, 0.15) is 35.2 Å². The number of nitrogens with zero attached hydrogens (tertiary/aromatic N) is 2. The van der Waals surface area contributed by atoms with Gasteiger partial charge in [0.15, 0.2) is 0 Å². The summed E-state index contributed by atoms with van der Waals surface area (Å²) in [4.78, 5) is 31.4. The third kappa shape index (κ3) is 6.29. The maximum Gasteiger partial charge on any atom is 0.255 e. The normalized spacial score (nSPS) is 25.5. The molecule has 0 spiro atoms. The lowest BCUT2D eigenvalue weighted by Gasteiger charge is -2.44. The van der Waals surface area contributed by atoms with Crippen LogP contribution in [-0.2, 0) is 20.8 Å². The summed E-state index contributed by atoms with van der Waals surface area (Å²) >= 11 is 5.90. The van der Waals surface area contributed by atoms with Crippen molar-refractivity contribution in [1.29, 1.82) is 0 Å². The Labute approximate surface area is 197 Å². The topological polar surface area (TPSA) is 101 Å². The molecule has 2 aromatic rings. The Hall–Kier alpha value is -2.52. The molecule has 2 saturated heterocycles. The number of hydrogen-bond donors (Lipinski definition) is 2. The molecular formula is C24H28ClN3O5. The predicted molar refractivity (Wildman–Crippen MR) is 122 cm³/mol. The minimum absolute atomic E-state index is 0.0983. The van der Waals surface area contributed by atoms with Crippen LogP contribution in [0.2, 0.25) is 5.02 Å². The van der Waals surface area contributed by atoms with Crippen molar-refractivity contribution in [1.82, 2.24) is 15.2 Å². The van der Waals surface area contributed by atoms with Gasteiger partial charge in [0.25, 0.3) is 5.91 Å². The number of carbonyl (C=O) groups excluding carboxylic acids is 2. The third-order valence-corrected chi connectivity index (χ3v) is 6.22. The number of hydrogen-bond acceptors (Lipinski definition) is 6. The molecule has 2 N–H and O–H groups in total. The number of aliphatic hydroxyl groups excluding tert-OH is 1. The lowest BCUT2D eigenvalue weighted by molar-refractivity contribution is -0.151. The maximum atomic E-state index is 13.2. The van der Waals surface area contributed by atoms with Gasteiger partial charge in [-0.2, -0.15) is 0 Å². The molecule has 1 aromatic carbocycles. The molecule has 9 heteroatoms. The van der Waals surface area contributed by atoms with Crippen LogP contribution < -0.4 is 5.32 Å². The minimum atomic E-state index is -0.775. The number of β-amino-alcohol motifs (C(OH)–C–C–N with tert-alkyl or cyclic N) is 1.